The lowest BCUT2D eigenvalue weighted by Crippen LogP contribution is -2.25. The molecule has 0 aliphatic carbocycles. The maximum atomic E-state index is 11.3. The summed E-state index contributed by atoms with van der Waals surface area (Å²) in [5, 5.41) is 0. The van der Waals surface area contributed by atoms with Crippen molar-refractivity contribution < 1.29 is 18.0 Å². The van der Waals surface area contributed by atoms with E-state index < -0.39 is 6.36 Å². The van der Waals surface area contributed by atoms with E-state index >= 15 is 0 Å². The second-order valence-electron chi connectivity index (χ2n) is 1.40. The van der Waals surface area contributed by atoms with Gasteiger partial charge in [-0.15, -0.1) is 13.2 Å². The first-order valence-corrected chi connectivity index (χ1v) is 2.24. The third-order valence-corrected chi connectivity index (χ3v) is 0.640. The van der Waals surface area contributed by atoms with Gasteiger partial charge < -0.3 is 4.84 Å². The van der Waals surface area contributed by atoms with Crippen molar-refractivity contribution in [2.45, 2.75) is 6.36 Å². The van der Waals surface area contributed by atoms with E-state index in [2.05, 4.69) is 16.0 Å². The van der Waals surface area contributed by atoms with Crippen molar-refractivity contribution in [1.29, 1.82) is 0 Å². The van der Waals surface area contributed by atoms with Gasteiger partial charge in [-0.3, -0.25) is 0 Å². The first-order valence-electron chi connectivity index (χ1n) is 2.24. The van der Waals surface area contributed by atoms with Gasteiger partial charge in [0.25, 0.3) is 0 Å². The van der Waals surface area contributed by atoms with Gasteiger partial charge in [-0.25, -0.2) is 4.98 Å². The predicted octanol–water partition coefficient (Wildman–Crippen LogP) is 0.632. The van der Waals surface area contributed by atoms with E-state index in [1.807, 2.05) is 0 Å². The molecule has 0 saturated carbocycles. The number of nitrogens with zero attached hydrogens (tertiary/aromatic N) is 2. The molecule has 0 amide bonds. The highest BCUT2D eigenvalue weighted by Gasteiger charge is 2.31. The summed E-state index contributed by atoms with van der Waals surface area (Å²) in [6.07, 6.45) is -0.753. The normalized spacial score (nSPS) is 11.5. The van der Waals surface area contributed by atoms with E-state index in [0.717, 1.165) is 12.5 Å². The summed E-state index contributed by atoms with van der Waals surface area (Å²) in [5.74, 6) is 0. The van der Waals surface area contributed by atoms with Gasteiger partial charge in [0.05, 0.1) is 6.20 Å². The highest BCUT2D eigenvalue weighted by molar-refractivity contribution is 4.66. The molecule has 0 saturated heterocycles. The molecule has 55 valence electrons. The Bertz CT molecular complexity index is 193. The molecule has 10 heavy (non-hydrogen) atoms. The van der Waals surface area contributed by atoms with E-state index in [1.165, 1.54) is 0 Å². The number of alkyl halides is 3. The first-order chi connectivity index (χ1) is 4.58. The minimum Gasteiger partial charge on any atom is -0.312 e. The Kier molecular flexibility index (Phi) is 1.52. The zero-order valence-electron chi connectivity index (χ0n) is 4.59. The van der Waals surface area contributed by atoms with Gasteiger partial charge in [-0.1, -0.05) is 0 Å². The van der Waals surface area contributed by atoms with Crippen LogP contribution in [-0.4, -0.2) is 16.1 Å². The summed E-state index contributed by atoms with van der Waals surface area (Å²) in [4.78, 5) is 6.58. The van der Waals surface area contributed by atoms with Crippen LogP contribution in [0.2, 0.25) is 0 Å². The molecule has 0 aliphatic heterocycles. The van der Waals surface area contributed by atoms with Crippen LogP contribution in [0.3, 0.4) is 0 Å². The van der Waals surface area contributed by atoms with Crippen LogP contribution in [0.4, 0.5) is 13.2 Å². The van der Waals surface area contributed by atoms with Gasteiger partial charge in [-0.05, 0) is 0 Å². The smallest absolute Gasteiger partial charge is 0.312 e. The summed E-state index contributed by atoms with van der Waals surface area (Å²) in [6, 6.07) is 0. The SMILES string of the molecule is FC(F)(F)On1c[c]nc1. The first kappa shape index (κ1) is 6.91. The average Bonchev–Trinajstić information content (AvgIpc) is 2.12. The Morgan fingerprint density at radius 2 is 2.20 bits per heavy atom. The molecule has 0 bridgehead atoms. The molecule has 0 spiro atoms. The molecule has 1 aromatic heterocycles. The van der Waals surface area contributed by atoms with E-state index in [-0.39, 0.29) is 0 Å². The molecule has 0 unspecified atom stereocenters. The number of rotatable bonds is 1. The number of hydrogen-bond donors (Lipinski definition) is 0. The fraction of sp³-hybridized carbons (Fsp3) is 0.250. The fourth-order valence-corrected chi connectivity index (χ4v) is 0.383. The second kappa shape index (κ2) is 2.20. The van der Waals surface area contributed by atoms with Crippen molar-refractivity contribution >= 4 is 0 Å². The van der Waals surface area contributed by atoms with Crippen LogP contribution in [0.15, 0.2) is 12.5 Å². The maximum Gasteiger partial charge on any atom is 0.591 e. The Morgan fingerprint density at radius 3 is 2.60 bits per heavy atom. The number of hydrogen-bond acceptors (Lipinski definition) is 2. The minimum absolute atomic E-state index is 0.417. The molecule has 1 rings (SSSR count). The molecule has 0 N–H and O–H groups in total. The van der Waals surface area contributed by atoms with Crippen molar-refractivity contribution in [3.63, 3.8) is 0 Å². The monoisotopic (exact) mass is 151 g/mol. The molecule has 1 aromatic rings. The fourth-order valence-electron chi connectivity index (χ4n) is 0.383. The van der Waals surface area contributed by atoms with Crippen LogP contribution in [0.25, 0.3) is 0 Å². The molecular weight excluding hydrogens is 149 g/mol. The van der Waals surface area contributed by atoms with Crippen molar-refractivity contribution in [3.05, 3.63) is 18.7 Å². The van der Waals surface area contributed by atoms with Gasteiger partial charge >= 0.3 is 6.36 Å². The van der Waals surface area contributed by atoms with Gasteiger partial charge in [0, 0.05) is 0 Å². The van der Waals surface area contributed by atoms with Crippen molar-refractivity contribution in [2.24, 2.45) is 0 Å². The average molecular weight is 151 g/mol. The number of halogens is 3. The summed E-state index contributed by atoms with van der Waals surface area (Å²) in [6.45, 7) is 0. The van der Waals surface area contributed by atoms with Gasteiger partial charge in [-0.2, -0.15) is 4.73 Å². The highest BCUT2D eigenvalue weighted by Crippen LogP contribution is 2.11. The lowest BCUT2D eigenvalue weighted by atomic mass is 11.0. The van der Waals surface area contributed by atoms with Crippen LogP contribution < -0.4 is 4.84 Å². The van der Waals surface area contributed by atoms with Crippen molar-refractivity contribution in [3.8, 4) is 0 Å². The zero-order chi connectivity index (χ0) is 7.61. The third-order valence-electron chi connectivity index (χ3n) is 0.640. The highest BCUT2D eigenvalue weighted by atomic mass is 19.4. The molecule has 0 aromatic carbocycles. The van der Waals surface area contributed by atoms with E-state index in [0.29, 0.717) is 4.73 Å². The minimum atomic E-state index is -4.67. The zero-order valence-corrected chi connectivity index (χ0v) is 4.59. The summed E-state index contributed by atoms with van der Waals surface area (Å²) < 4.78 is 34.4. The Balaban J connectivity index is 2.57. The molecular formula is C4H2F3N2O. The number of imidazole rings is 1. The largest absolute Gasteiger partial charge is 0.591 e. The van der Waals surface area contributed by atoms with Crippen LogP contribution >= 0.6 is 0 Å². The molecule has 1 heterocycles. The predicted molar refractivity (Wildman–Crippen MR) is 23.7 cm³/mol. The van der Waals surface area contributed by atoms with Crippen molar-refractivity contribution in [1.82, 2.24) is 9.71 Å². The summed E-state index contributed by atoms with van der Waals surface area (Å²) in [5.41, 5.74) is 0. The summed E-state index contributed by atoms with van der Waals surface area (Å²) in [7, 11) is 0. The van der Waals surface area contributed by atoms with Crippen LogP contribution in [0.5, 0.6) is 0 Å². The standard InChI is InChI=1S/C4H2F3N2O/c5-4(6,7)10-9-2-1-8-3-9/h2-3H. The lowest BCUT2D eigenvalue weighted by Gasteiger charge is -2.06. The Hall–Kier alpha value is -1.20. The van der Waals surface area contributed by atoms with Gasteiger partial charge in [0.2, 0.25) is 0 Å². The van der Waals surface area contributed by atoms with E-state index in [9.17, 15) is 13.2 Å². The topological polar surface area (TPSA) is 27.1 Å². The quantitative estimate of drug-likeness (QED) is 0.588. The van der Waals surface area contributed by atoms with E-state index in [1.54, 1.807) is 0 Å². The maximum absolute atomic E-state index is 11.3. The van der Waals surface area contributed by atoms with Gasteiger partial charge in [0.1, 0.15) is 12.5 Å². The van der Waals surface area contributed by atoms with Crippen LogP contribution in [0, 0.1) is 6.20 Å². The Labute approximate surface area is 54.0 Å². The molecule has 0 aliphatic rings. The number of aromatic nitrogens is 2. The summed E-state index contributed by atoms with van der Waals surface area (Å²) >= 11 is 0. The van der Waals surface area contributed by atoms with E-state index in [4.69, 9.17) is 0 Å². The molecule has 1 radical (unpaired) electrons. The van der Waals surface area contributed by atoms with Crippen LogP contribution in [0.1, 0.15) is 0 Å². The van der Waals surface area contributed by atoms with Crippen molar-refractivity contribution in [2.75, 3.05) is 0 Å². The van der Waals surface area contributed by atoms with Gasteiger partial charge in [0.15, 0.2) is 0 Å². The molecule has 0 atom stereocenters. The lowest BCUT2D eigenvalue weighted by molar-refractivity contribution is -0.323. The second-order valence-corrected chi connectivity index (χ2v) is 1.40. The third kappa shape index (κ3) is 1.96. The molecule has 6 heteroatoms. The van der Waals surface area contributed by atoms with Crippen LogP contribution in [-0.2, 0) is 0 Å². The molecule has 3 nitrogen and oxygen atoms in total. The molecule has 0 fully saturated rings. The Morgan fingerprint density at radius 1 is 1.50 bits per heavy atom.